The Morgan fingerprint density at radius 1 is 1.27 bits per heavy atom. The van der Waals surface area contributed by atoms with Gasteiger partial charge in [0.25, 0.3) is 0 Å². The molecule has 0 aliphatic heterocycles. The quantitative estimate of drug-likeness (QED) is 0.634. The Labute approximate surface area is 131 Å². The predicted octanol–water partition coefficient (Wildman–Crippen LogP) is 1.27. The van der Waals surface area contributed by atoms with Crippen molar-refractivity contribution in [2.75, 3.05) is 32.9 Å². The number of amides is 2. The van der Waals surface area contributed by atoms with Crippen LogP contribution in [0.15, 0.2) is 24.3 Å². The van der Waals surface area contributed by atoms with E-state index in [9.17, 15) is 4.79 Å². The number of hydrogen-bond donors (Lipinski definition) is 3. The van der Waals surface area contributed by atoms with Crippen molar-refractivity contribution in [2.45, 2.75) is 18.8 Å². The highest BCUT2D eigenvalue weighted by molar-refractivity contribution is 5.73. The first-order valence-corrected chi connectivity index (χ1v) is 8.09. The largest absolute Gasteiger partial charge is 0.394 e. The fourth-order valence-electron chi connectivity index (χ4n) is 3.58. The first-order valence-electron chi connectivity index (χ1n) is 8.09. The zero-order valence-corrected chi connectivity index (χ0v) is 12.8. The number of benzene rings is 1. The molecule has 22 heavy (non-hydrogen) atoms. The maximum Gasteiger partial charge on any atom is 0.314 e. The third-order valence-electron chi connectivity index (χ3n) is 4.69. The molecule has 1 aromatic rings. The highest BCUT2D eigenvalue weighted by Crippen LogP contribution is 2.60. The molecule has 1 fully saturated rings. The minimum atomic E-state index is -0.0968. The molecule has 0 saturated heterocycles. The average molecular weight is 304 g/mol. The van der Waals surface area contributed by atoms with Crippen molar-refractivity contribution in [3.63, 3.8) is 0 Å². The number of carbonyl (C=O) groups excluding carboxylic acids is 1. The SMILES string of the molecule is O=C(NCCCOCCO)NCC1C2Cc3ccccc3C12. The molecule has 0 radical (unpaired) electrons. The van der Waals surface area contributed by atoms with Crippen LogP contribution in [0.5, 0.6) is 0 Å². The molecule has 3 rings (SSSR count). The number of carbonyl (C=O) groups is 1. The molecule has 5 nitrogen and oxygen atoms in total. The maximum absolute atomic E-state index is 11.7. The van der Waals surface area contributed by atoms with Crippen molar-refractivity contribution >= 4 is 6.03 Å². The Kier molecular flexibility index (Phi) is 4.95. The van der Waals surface area contributed by atoms with Crippen molar-refractivity contribution in [3.05, 3.63) is 35.4 Å². The van der Waals surface area contributed by atoms with Crippen molar-refractivity contribution < 1.29 is 14.6 Å². The van der Waals surface area contributed by atoms with E-state index in [1.165, 1.54) is 11.1 Å². The van der Waals surface area contributed by atoms with Crippen LogP contribution in [0, 0.1) is 11.8 Å². The van der Waals surface area contributed by atoms with E-state index in [1.807, 2.05) is 0 Å². The van der Waals surface area contributed by atoms with Gasteiger partial charge in [-0.25, -0.2) is 4.79 Å². The van der Waals surface area contributed by atoms with Crippen LogP contribution in [0.25, 0.3) is 0 Å². The highest BCUT2D eigenvalue weighted by atomic mass is 16.5. The standard InChI is InChI=1S/C17H24N2O3/c20-7-9-22-8-3-6-18-17(21)19-11-15-14-10-12-4-1-2-5-13(12)16(14)15/h1-2,4-5,14-16,20H,3,6-11H2,(H2,18,19,21). The summed E-state index contributed by atoms with van der Waals surface area (Å²) in [4.78, 5) is 11.7. The van der Waals surface area contributed by atoms with Crippen LogP contribution < -0.4 is 10.6 Å². The Morgan fingerprint density at radius 2 is 2.14 bits per heavy atom. The molecule has 0 spiro atoms. The third kappa shape index (κ3) is 3.42. The lowest BCUT2D eigenvalue weighted by Crippen LogP contribution is -2.37. The minimum absolute atomic E-state index is 0.0424. The lowest BCUT2D eigenvalue weighted by molar-refractivity contribution is 0.0910. The second-order valence-corrected chi connectivity index (χ2v) is 6.08. The van der Waals surface area contributed by atoms with Gasteiger partial charge in [0, 0.05) is 19.7 Å². The average Bonchev–Trinajstić information content (AvgIpc) is 3.07. The summed E-state index contributed by atoms with van der Waals surface area (Å²) in [6.45, 7) is 2.32. The first-order chi connectivity index (χ1) is 10.8. The van der Waals surface area contributed by atoms with E-state index in [0.717, 1.165) is 25.3 Å². The van der Waals surface area contributed by atoms with Crippen LogP contribution in [0.4, 0.5) is 4.79 Å². The summed E-state index contributed by atoms with van der Waals surface area (Å²) in [5, 5.41) is 14.4. The van der Waals surface area contributed by atoms with Gasteiger partial charge in [0.2, 0.25) is 0 Å². The smallest absolute Gasteiger partial charge is 0.314 e. The van der Waals surface area contributed by atoms with Gasteiger partial charge in [-0.2, -0.15) is 0 Å². The molecule has 3 N–H and O–H groups in total. The van der Waals surface area contributed by atoms with Crippen molar-refractivity contribution in [1.29, 1.82) is 0 Å². The summed E-state index contributed by atoms with van der Waals surface area (Å²) in [5.41, 5.74) is 2.97. The molecular formula is C17H24N2O3. The Balaban J connectivity index is 1.30. The normalized spacial score (nSPS) is 24.5. The second kappa shape index (κ2) is 7.11. The number of aliphatic hydroxyl groups excluding tert-OH is 1. The molecule has 120 valence electrons. The van der Waals surface area contributed by atoms with Crippen LogP contribution in [-0.4, -0.2) is 44.0 Å². The first kappa shape index (κ1) is 15.3. The van der Waals surface area contributed by atoms with Gasteiger partial charge in [-0.15, -0.1) is 0 Å². The summed E-state index contributed by atoms with van der Waals surface area (Å²) >= 11 is 0. The van der Waals surface area contributed by atoms with Crippen LogP contribution in [0.1, 0.15) is 23.5 Å². The Bertz CT molecular complexity index is 520. The number of rotatable bonds is 8. The van der Waals surface area contributed by atoms with Crippen molar-refractivity contribution in [3.8, 4) is 0 Å². The van der Waals surface area contributed by atoms with Gasteiger partial charge in [0.1, 0.15) is 0 Å². The molecule has 2 aliphatic carbocycles. The lowest BCUT2D eigenvalue weighted by Gasteiger charge is -2.10. The number of fused-ring (bicyclic) bond motifs is 3. The van der Waals surface area contributed by atoms with Crippen molar-refractivity contribution in [1.82, 2.24) is 10.6 Å². The molecule has 1 aromatic carbocycles. The fraction of sp³-hybridized carbons (Fsp3) is 0.588. The topological polar surface area (TPSA) is 70.6 Å². The van der Waals surface area contributed by atoms with E-state index >= 15 is 0 Å². The molecule has 0 bridgehead atoms. The van der Waals surface area contributed by atoms with E-state index in [1.54, 1.807) is 0 Å². The van der Waals surface area contributed by atoms with Gasteiger partial charge >= 0.3 is 6.03 Å². The van der Waals surface area contributed by atoms with E-state index in [4.69, 9.17) is 9.84 Å². The van der Waals surface area contributed by atoms with E-state index in [0.29, 0.717) is 31.6 Å². The minimum Gasteiger partial charge on any atom is -0.394 e. The van der Waals surface area contributed by atoms with E-state index in [2.05, 4.69) is 34.9 Å². The Morgan fingerprint density at radius 3 is 3.00 bits per heavy atom. The van der Waals surface area contributed by atoms with E-state index in [-0.39, 0.29) is 12.6 Å². The van der Waals surface area contributed by atoms with Gasteiger partial charge in [-0.05, 0) is 41.7 Å². The molecule has 0 aromatic heterocycles. The molecule has 0 heterocycles. The number of aliphatic hydroxyl groups is 1. The van der Waals surface area contributed by atoms with Crippen LogP contribution in [0.3, 0.4) is 0 Å². The van der Waals surface area contributed by atoms with Gasteiger partial charge in [-0.1, -0.05) is 24.3 Å². The number of urea groups is 1. The van der Waals surface area contributed by atoms with Gasteiger partial charge in [0.05, 0.1) is 13.2 Å². The second-order valence-electron chi connectivity index (χ2n) is 6.08. The molecule has 3 atom stereocenters. The summed E-state index contributed by atoms with van der Waals surface area (Å²) in [6.07, 6.45) is 1.92. The van der Waals surface area contributed by atoms with E-state index < -0.39 is 0 Å². The summed E-state index contributed by atoms with van der Waals surface area (Å²) in [7, 11) is 0. The molecule has 5 heteroatoms. The predicted molar refractivity (Wildman–Crippen MR) is 83.8 cm³/mol. The molecule has 2 amide bonds. The molecular weight excluding hydrogens is 280 g/mol. The third-order valence-corrected chi connectivity index (χ3v) is 4.69. The zero-order valence-electron chi connectivity index (χ0n) is 12.8. The molecule has 3 unspecified atom stereocenters. The van der Waals surface area contributed by atoms with Crippen molar-refractivity contribution in [2.24, 2.45) is 11.8 Å². The monoisotopic (exact) mass is 304 g/mol. The molecule has 2 aliphatic rings. The number of nitrogens with one attached hydrogen (secondary N) is 2. The summed E-state index contributed by atoms with van der Waals surface area (Å²) in [6, 6.07) is 8.56. The Hall–Kier alpha value is -1.59. The van der Waals surface area contributed by atoms with Gasteiger partial charge in [-0.3, -0.25) is 0 Å². The summed E-state index contributed by atoms with van der Waals surface area (Å²) in [5.74, 6) is 1.99. The van der Waals surface area contributed by atoms with Gasteiger partial charge in [0.15, 0.2) is 0 Å². The number of ether oxygens (including phenoxy) is 1. The van der Waals surface area contributed by atoms with Gasteiger partial charge < -0.3 is 20.5 Å². The lowest BCUT2D eigenvalue weighted by atomic mass is 10.0. The van der Waals surface area contributed by atoms with Crippen LogP contribution in [0.2, 0.25) is 0 Å². The van der Waals surface area contributed by atoms with Crippen LogP contribution in [-0.2, 0) is 11.2 Å². The summed E-state index contributed by atoms with van der Waals surface area (Å²) < 4.78 is 5.13. The highest BCUT2D eigenvalue weighted by Gasteiger charge is 2.54. The molecule has 1 saturated carbocycles. The number of hydrogen-bond acceptors (Lipinski definition) is 3. The van der Waals surface area contributed by atoms with Crippen LogP contribution >= 0.6 is 0 Å². The fourth-order valence-corrected chi connectivity index (χ4v) is 3.58. The zero-order chi connectivity index (χ0) is 15.4. The maximum atomic E-state index is 11.7.